The molecule has 0 rings (SSSR count). The van der Waals surface area contributed by atoms with Crippen molar-refractivity contribution in [3.63, 3.8) is 0 Å². The summed E-state index contributed by atoms with van der Waals surface area (Å²) in [4.78, 5) is 0. The first-order valence-electron chi connectivity index (χ1n) is 4.58. The summed E-state index contributed by atoms with van der Waals surface area (Å²) in [6.07, 6.45) is -0.654. The average molecular weight is 226 g/mol. The fourth-order valence-corrected chi connectivity index (χ4v) is 0.704. The Hall–Kier alpha value is 0.270. The smallest absolute Gasteiger partial charge is 0.0781 e. The summed E-state index contributed by atoms with van der Waals surface area (Å²) in [5, 5.41) is 17.6. The SMILES string of the molecule is CC(O)COC(C)COC(C)CO.P. The zero-order valence-electron chi connectivity index (χ0n) is 9.27. The Kier molecular flexibility index (Phi) is 11.7. The summed E-state index contributed by atoms with van der Waals surface area (Å²) in [7, 11) is 0. The quantitative estimate of drug-likeness (QED) is 0.610. The van der Waals surface area contributed by atoms with Gasteiger partial charge in [-0.3, -0.25) is 0 Å². The van der Waals surface area contributed by atoms with E-state index in [9.17, 15) is 0 Å². The fraction of sp³-hybridized carbons (Fsp3) is 1.00. The molecule has 2 N–H and O–H groups in total. The van der Waals surface area contributed by atoms with Gasteiger partial charge in [0.25, 0.3) is 0 Å². The van der Waals surface area contributed by atoms with Gasteiger partial charge in [-0.2, -0.15) is 9.90 Å². The van der Waals surface area contributed by atoms with E-state index in [0.29, 0.717) is 13.2 Å². The predicted molar refractivity (Wildman–Crippen MR) is 60.7 cm³/mol. The molecule has 0 bridgehead atoms. The van der Waals surface area contributed by atoms with Crippen LogP contribution in [0.2, 0.25) is 0 Å². The Morgan fingerprint density at radius 3 is 1.93 bits per heavy atom. The summed E-state index contributed by atoms with van der Waals surface area (Å²) in [5.41, 5.74) is 0. The van der Waals surface area contributed by atoms with Crippen molar-refractivity contribution in [1.29, 1.82) is 0 Å². The summed E-state index contributed by atoms with van der Waals surface area (Å²) < 4.78 is 10.5. The van der Waals surface area contributed by atoms with E-state index in [-0.39, 0.29) is 28.7 Å². The first-order chi connectivity index (χ1) is 6.06. The second-order valence-electron chi connectivity index (χ2n) is 3.32. The molecule has 4 unspecified atom stereocenters. The Labute approximate surface area is 89.2 Å². The van der Waals surface area contributed by atoms with E-state index >= 15 is 0 Å². The van der Waals surface area contributed by atoms with E-state index in [1.54, 1.807) is 13.8 Å². The molecule has 4 atom stereocenters. The number of hydrogen-bond donors (Lipinski definition) is 2. The number of ether oxygens (including phenoxy) is 2. The maximum absolute atomic E-state index is 8.92. The summed E-state index contributed by atoms with van der Waals surface area (Å²) >= 11 is 0. The molecular formula is C9H23O4P. The lowest BCUT2D eigenvalue weighted by Crippen LogP contribution is -2.24. The second-order valence-corrected chi connectivity index (χ2v) is 3.32. The van der Waals surface area contributed by atoms with Crippen molar-refractivity contribution < 1.29 is 19.7 Å². The van der Waals surface area contributed by atoms with Crippen LogP contribution in [0.15, 0.2) is 0 Å². The lowest BCUT2D eigenvalue weighted by atomic mass is 10.4. The molecule has 5 heteroatoms. The van der Waals surface area contributed by atoms with Crippen molar-refractivity contribution in [3.05, 3.63) is 0 Å². The lowest BCUT2D eigenvalue weighted by molar-refractivity contribution is -0.0620. The highest BCUT2D eigenvalue weighted by atomic mass is 31.0. The normalized spacial score (nSPS) is 16.9. The van der Waals surface area contributed by atoms with Gasteiger partial charge < -0.3 is 19.7 Å². The standard InChI is InChI=1S/C9H20O4.H3P/c1-7(11)5-12-9(3)6-13-8(2)4-10;/h7-11H,4-6H2,1-3H3;1H3. The zero-order valence-corrected chi connectivity index (χ0v) is 10.7. The van der Waals surface area contributed by atoms with Crippen molar-refractivity contribution in [2.75, 3.05) is 19.8 Å². The molecule has 0 heterocycles. The highest BCUT2D eigenvalue weighted by Gasteiger charge is 2.06. The van der Waals surface area contributed by atoms with Gasteiger partial charge in [0.2, 0.25) is 0 Å². The molecule has 0 saturated carbocycles. The molecule has 0 aliphatic carbocycles. The molecular weight excluding hydrogens is 203 g/mol. The maximum Gasteiger partial charge on any atom is 0.0781 e. The molecule has 0 aromatic heterocycles. The minimum atomic E-state index is -0.447. The third kappa shape index (κ3) is 10.4. The first-order valence-corrected chi connectivity index (χ1v) is 4.58. The molecule has 0 radical (unpaired) electrons. The van der Waals surface area contributed by atoms with Gasteiger partial charge in [0.05, 0.1) is 38.1 Å². The molecule has 0 aliphatic heterocycles. The number of aliphatic hydroxyl groups is 2. The zero-order chi connectivity index (χ0) is 10.3. The van der Waals surface area contributed by atoms with Crippen LogP contribution in [0.4, 0.5) is 0 Å². The fourth-order valence-electron chi connectivity index (χ4n) is 0.704. The van der Waals surface area contributed by atoms with E-state index in [0.717, 1.165) is 0 Å². The van der Waals surface area contributed by atoms with E-state index in [4.69, 9.17) is 19.7 Å². The Bertz CT molecular complexity index is 121. The summed E-state index contributed by atoms with van der Waals surface area (Å²) in [5.74, 6) is 0. The number of aliphatic hydroxyl groups excluding tert-OH is 2. The molecule has 0 amide bonds. The number of rotatable bonds is 7. The van der Waals surface area contributed by atoms with Crippen LogP contribution in [0.25, 0.3) is 0 Å². The van der Waals surface area contributed by atoms with E-state index < -0.39 is 6.10 Å². The average Bonchev–Trinajstić information content (AvgIpc) is 2.10. The van der Waals surface area contributed by atoms with Crippen LogP contribution in [-0.4, -0.2) is 48.3 Å². The van der Waals surface area contributed by atoms with Crippen LogP contribution >= 0.6 is 9.90 Å². The van der Waals surface area contributed by atoms with Crippen LogP contribution in [0.3, 0.4) is 0 Å². The second kappa shape index (κ2) is 9.81. The predicted octanol–water partition coefficient (Wildman–Crippen LogP) is 0.228. The Morgan fingerprint density at radius 1 is 1.00 bits per heavy atom. The van der Waals surface area contributed by atoms with Crippen molar-refractivity contribution in [2.45, 2.75) is 39.1 Å². The molecule has 0 aromatic rings. The van der Waals surface area contributed by atoms with Crippen molar-refractivity contribution >= 4 is 9.90 Å². The van der Waals surface area contributed by atoms with Crippen molar-refractivity contribution in [2.24, 2.45) is 0 Å². The summed E-state index contributed by atoms with van der Waals surface area (Å²) in [6, 6.07) is 0. The number of hydrogen-bond acceptors (Lipinski definition) is 4. The van der Waals surface area contributed by atoms with Gasteiger partial charge in [0.15, 0.2) is 0 Å². The largest absolute Gasteiger partial charge is 0.394 e. The van der Waals surface area contributed by atoms with Crippen LogP contribution in [0.1, 0.15) is 20.8 Å². The van der Waals surface area contributed by atoms with E-state index in [1.807, 2.05) is 6.92 Å². The Morgan fingerprint density at radius 2 is 1.50 bits per heavy atom. The van der Waals surface area contributed by atoms with Gasteiger partial charge in [-0.1, -0.05) is 0 Å². The van der Waals surface area contributed by atoms with E-state index in [2.05, 4.69) is 0 Å². The van der Waals surface area contributed by atoms with Crippen molar-refractivity contribution in [1.82, 2.24) is 0 Å². The van der Waals surface area contributed by atoms with Gasteiger partial charge in [-0.15, -0.1) is 0 Å². The van der Waals surface area contributed by atoms with Gasteiger partial charge >= 0.3 is 0 Å². The van der Waals surface area contributed by atoms with Crippen LogP contribution < -0.4 is 0 Å². The molecule has 0 aliphatic rings. The van der Waals surface area contributed by atoms with Crippen LogP contribution in [0.5, 0.6) is 0 Å². The molecule has 14 heavy (non-hydrogen) atoms. The molecule has 0 saturated heterocycles. The minimum absolute atomic E-state index is 0. The maximum atomic E-state index is 8.92. The van der Waals surface area contributed by atoms with Crippen LogP contribution in [0, 0.1) is 0 Å². The minimum Gasteiger partial charge on any atom is -0.394 e. The Balaban J connectivity index is 0. The van der Waals surface area contributed by atoms with Crippen molar-refractivity contribution in [3.8, 4) is 0 Å². The van der Waals surface area contributed by atoms with Gasteiger partial charge in [0, 0.05) is 0 Å². The highest BCUT2D eigenvalue weighted by Crippen LogP contribution is 1.97. The lowest BCUT2D eigenvalue weighted by Gasteiger charge is -2.16. The van der Waals surface area contributed by atoms with E-state index in [1.165, 1.54) is 0 Å². The molecule has 0 aromatic carbocycles. The first kappa shape index (κ1) is 16.7. The third-order valence-electron chi connectivity index (χ3n) is 1.49. The highest BCUT2D eigenvalue weighted by molar-refractivity contribution is 6.92. The topological polar surface area (TPSA) is 58.9 Å². The monoisotopic (exact) mass is 226 g/mol. The van der Waals surface area contributed by atoms with Gasteiger partial charge in [0.1, 0.15) is 0 Å². The molecule has 4 nitrogen and oxygen atoms in total. The van der Waals surface area contributed by atoms with Gasteiger partial charge in [-0.05, 0) is 20.8 Å². The molecule has 0 fully saturated rings. The van der Waals surface area contributed by atoms with Gasteiger partial charge in [-0.25, -0.2) is 0 Å². The summed E-state index contributed by atoms with van der Waals surface area (Å²) in [6.45, 7) is 6.10. The molecule has 0 spiro atoms. The van der Waals surface area contributed by atoms with Crippen LogP contribution in [-0.2, 0) is 9.47 Å². The molecule has 88 valence electrons. The third-order valence-corrected chi connectivity index (χ3v) is 1.49.